The largest absolute Gasteiger partial charge is 0.494 e. The number of esters is 4. The number of ether oxygens (including phenoxy) is 16. The van der Waals surface area contributed by atoms with Gasteiger partial charge in [0.2, 0.25) is 0 Å². The summed E-state index contributed by atoms with van der Waals surface area (Å²) in [4.78, 5) is 98.6. The molecule has 8 rings (SSSR count). The summed E-state index contributed by atoms with van der Waals surface area (Å²) in [6, 6.07) is 59.3. The highest BCUT2D eigenvalue weighted by atomic mass is 16.6. The molecule has 24 nitrogen and oxygen atoms in total. The SMILES string of the molecule is C=CC(=O)OCCCCCCOc1ccc(CC(=O)c2ccc(OCCCCOCC(COCCCCOc3ccc(C(=O)Cc4ccc(OCCCCCCOC(=O)C=C)cc4)cc3)(COCCCCOc3ccc(C(=O)Cc4ccc(OCCCCCCOC(=O)C=C)cc4)cc3)COCCCCOc3ccc(C(=O)Cc4ccc(OCCCCCCOC(=O)C=C)cc4)cc3)cc2)cc1. The molecule has 137 heavy (non-hydrogen) atoms. The van der Waals surface area contributed by atoms with Crippen molar-refractivity contribution in [3.05, 3.63) is 289 Å². The molecular formula is C113H140O24. The molecule has 0 unspecified atom stereocenters. The van der Waals surface area contributed by atoms with Crippen molar-refractivity contribution in [3.8, 4) is 46.0 Å². The maximum Gasteiger partial charge on any atom is 0.330 e. The van der Waals surface area contributed by atoms with Crippen LogP contribution in [-0.2, 0) is 82.8 Å². The highest BCUT2D eigenvalue weighted by molar-refractivity contribution is 5.99. The second-order valence-corrected chi connectivity index (χ2v) is 33.5. The molecular weight excluding hydrogens is 1740 g/mol. The van der Waals surface area contributed by atoms with E-state index in [4.69, 9.17) is 75.8 Å². The Bertz CT molecular complexity index is 4190. The summed E-state index contributed by atoms with van der Waals surface area (Å²) in [5.41, 5.74) is 5.16. The molecule has 0 N–H and O–H groups in total. The Labute approximate surface area is 809 Å². The van der Waals surface area contributed by atoms with E-state index in [1.807, 2.05) is 146 Å². The Morgan fingerprint density at radius 2 is 0.336 bits per heavy atom. The van der Waals surface area contributed by atoms with E-state index in [-0.39, 0.29) is 75.2 Å². The van der Waals surface area contributed by atoms with Crippen molar-refractivity contribution in [1.29, 1.82) is 0 Å². The Morgan fingerprint density at radius 3 is 0.504 bits per heavy atom. The zero-order valence-electron chi connectivity index (χ0n) is 79.9. The van der Waals surface area contributed by atoms with Crippen LogP contribution in [0.2, 0.25) is 0 Å². The summed E-state index contributed by atoms with van der Waals surface area (Å²) in [6.45, 7) is 22.0. The summed E-state index contributed by atoms with van der Waals surface area (Å²) >= 11 is 0. The summed E-state index contributed by atoms with van der Waals surface area (Å²) < 4.78 is 94.8. The van der Waals surface area contributed by atoms with Gasteiger partial charge < -0.3 is 75.8 Å². The van der Waals surface area contributed by atoms with Crippen LogP contribution in [0.5, 0.6) is 46.0 Å². The fraction of sp³-hybridized carbons (Fsp3) is 0.434. The predicted octanol–water partition coefficient (Wildman–Crippen LogP) is 21.9. The predicted molar refractivity (Wildman–Crippen MR) is 529 cm³/mol. The maximum absolute atomic E-state index is 13.4. The van der Waals surface area contributed by atoms with Crippen LogP contribution < -0.4 is 37.9 Å². The molecule has 0 aliphatic heterocycles. The van der Waals surface area contributed by atoms with Gasteiger partial charge in [-0.2, -0.15) is 0 Å². The first-order chi connectivity index (χ1) is 67.1. The van der Waals surface area contributed by atoms with Crippen LogP contribution in [0.25, 0.3) is 0 Å². The molecule has 0 saturated heterocycles. The lowest BCUT2D eigenvalue weighted by molar-refractivity contribution is -0.138. The van der Waals surface area contributed by atoms with Gasteiger partial charge >= 0.3 is 23.9 Å². The molecule has 0 fully saturated rings. The molecule has 0 radical (unpaired) electrons. The monoisotopic (exact) mass is 1880 g/mol. The minimum Gasteiger partial charge on any atom is -0.494 e. The number of carbonyl (C=O) groups is 8. The van der Waals surface area contributed by atoms with Crippen molar-refractivity contribution < 1.29 is 114 Å². The zero-order chi connectivity index (χ0) is 97.1. The van der Waals surface area contributed by atoms with Crippen molar-refractivity contribution in [2.75, 3.05) is 132 Å². The minimum absolute atomic E-state index is 0.0103. The van der Waals surface area contributed by atoms with Gasteiger partial charge in [-0.25, -0.2) is 19.2 Å². The van der Waals surface area contributed by atoms with Gasteiger partial charge in [0, 0.05) is 98.7 Å². The standard InChI is InChI=1S/C113H140O24/c1-5-109(118)134-77-21-13-9-17-69-126-97-49-33-89(34-50-97)81-105(114)93-41-57-101(58-42-93)130-73-29-25-65-122-85-113(86-123-66-26-30-74-131-102-59-43-94(44-60-102)106(115)82-90-35-51-98(52-36-90)127-70-18-10-14-22-78-135-110(119)6-2,87-124-67-27-31-75-132-103-61-45-95(46-62-103)107(116)83-91-37-53-99(54-38-91)128-71-19-11-15-23-79-136-111(120)7-3)88-125-68-28-32-76-133-104-63-47-96(48-64-104)108(117)84-92-39-55-100(56-40-92)129-72-20-12-16-24-80-137-112(121)8-4/h5-8,33-64H,1-4,9-32,65-88H2. The third-order valence-electron chi connectivity index (χ3n) is 22.2. The van der Waals surface area contributed by atoms with E-state index in [1.54, 1.807) is 48.5 Å². The van der Waals surface area contributed by atoms with Gasteiger partial charge in [0.05, 0.1) is 111 Å². The van der Waals surface area contributed by atoms with Gasteiger partial charge in [-0.1, -0.05) is 74.8 Å². The van der Waals surface area contributed by atoms with Crippen LogP contribution in [0, 0.1) is 5.41 Å². The van der Waals surface area contributed by atoms with E-state index in [2.05, 4.69) is 26.3 Å². The lowest BCUT2D eigenvalue weighted by Crippen LogP contribution is -2.42. The van der Waals surface area contributed by atoms with E-state index in [1.165, 1.54) is 24.3 Å². The average molecular weight is 1880 g/mol. The van der Waals surface area contributed by atoms with Crippen LogP contribution in [0.4, 0.5) is 0 Å². The van der Waals surface area contributed by atoms with E-state index < -0.39 is 29.3 Å². The Balaban J connectivity index is 0.821. The number of carbonyl (C=O) groups excluding carboxylic acids is 8. The molecule has 8 aromatic carbocycles. The number of unbranched alkanes of at least 4 members (excludes halogenated alkanes) is 16. The topological polar surface area (TPSA) is 284 Å². The summed E-state index contributed by atoms with van der Waals surface area (Å²) in [5.74, 6) is 3.92. The van der Waals surface area contributed by atoms with Gasteiger partial charge in [0.15, 0.2) is 23.1 Å². The van der Waals surface area contributed by atoms with Crippen molar-refractivity contribution >= 4 is 47.0 Å². The Morgan fingerprint density at radius 1 is 0.190 bits per heavy atom. The summed E-state index contributed by atoms with van der Waals surface area (Å²) in [7, 11) is 0. The number of hydrogen-bond acceptors (Lipinski definition) is 24. The minimum atomic E-state index is -0.716. The fourth-order valence-corrected chi connectivity index (χ4v) is 14.2. The van der Waals surface area contributed by atoms with E-state index >= 15 is 0 Å². The van der Waals surface area contributed by atoms with Crippen molar-refractivity contribution in [2.45, 2.75) is 180 Å². The first kappa shape index (κ1) is 110. The lowest BCUT2D eigenvalue weighted by atomic mass is 9.92. The number of Topliss-reactive ketones (excluding diaryl/α,β-unsaturated/α-hetero) is 4. The average Bonchev–Trinajstić information content (AvgIpc) is 0.880. The number of benzene rings is 8. The lowest BCUT2D eigenvalue weighted by Gasteiger charge is -2.33. The second-order valence-electron chi connectivity index (χ2n) is 33.5. The number of ketones is 4. The first-order valence-corrected chi connectivity index (χ1v) is 48.5. The summed E-state index contributed by atoms with van der Waals surface area (Å²) in [6.07, 6.45) is 25.4. The van der Waals surface area contributed by atoms with Gasteiger partial charge in [-0.05, 0) is 322 Å². The molecule has 0 saturated carbocycles. The second kappa shape index (κ2) is 67.7. The van der Waals surface area contributed by atoms with Crippen molar-refractivity contribution in [2.24, 2.45) is 5.41 Å². The molecule has 0 aromatic heterocycles. The smallest absolute Gasteiger partial charge is 0.330 e. The molecule has 8 aromatic rings. The quantitative estimate of drug-likeness (QED) is 0.0112. The van der Waals surface area contributed by atoms with Crippen molar-refractivity contribution in [3.63, 3.8) is 0 Å². The third kappa shape index (κ3) is 47.7. The Hall–Kier alpha value is -12.5. The van der Waals surface area contributed by atoms with E-state index in [9.17, 15) is 38.4 Å². The fourth-order valence-electron chi connectivity index (χ4n) is 14.2. The zero-order valence-corrected chi connectivity index (χ0v) is 79.9. The first-order valence-electron chi connectivity index (χ1n) is 48.5. The molecule has 0 aliphatic carbocycles. The molecule has 0 bridgehead atoms. The van der Waals surface area contributed by atoms with E-state index in [0.717, 1.165) is 148 Å². The molecule has 0 amide bonds. The van der Waals surface area contributed by atoms with Crippen LogP contribution in [0.15, 0.2) is 245 Å². The molecule has 736 valence electrons. The third-order valence-corrected chi connectivity index (χ3v) is 22.2. The maximum atomic E-state index is 13.4. The number of rotatable bonds is 80. The molecule has 0 aliphatic rings. The molecule has 0 spiro atoms. The normalized spacial score (nSPS) is 11.0. The van der Waals surface area contributed by atoms with Gasteiger partial charge in [0.1, 0.15) is 46.0 Å². The van der Waals surface area contributed by atoms with Crippen LogP contribution in [0.3, 0.4) is 0 Å². The molecule has 0 atom stereocenters. The van der Waals surface area contributed by atoms with Crippen LogP contribution in [0.1, 0.15) is 218 Å². The van der Waals surface area contributed by atoms with Gasteiger partial charge in [-0.3, -0.25) is 19.2 Å². The van der Waals surface area contributed by atoms with Gasteiger partial charge in [0.25, 0.3) is 0 Å². The number of hydrogen-bond donors (Lipinski definition) is 0. The highest BCUT2D eigenvalue weighted by Crippen LogP contribution is 2.27. The molecule has 0 heterocycles. The molecule has 24 heteroatoms. The van der Waals surface area contributed by atoms with Crippen molar-refractivity contribution in [1.82, 2.24) is 0 Å². The summed E-state index contributed by atoms with van der Waals surface area (Å²) in [5, 5.41) is 0. The Kier molecular flexibility index (Phi) is 54.3. The highest BCUT2D eigenvalue weighted by Gasteiger charge is 2.33. The van der Waals surface area contributed by atoms with Crippen LogP contribution in [-0.4, -0.2) is 179 Å². The van der Waals surface area contributed by atoms with Crippen LogP contribution >= 0.6 is 0 Å². The van der Waals surface area contributed by atoms with Gasteiger partial charge in [-0.15, -0.1) is 0 Å². The van der Waals surface area contributed by atoms with E-state index in [0.29, 0.717) is 202 Å².